The third kappa shape index (κ3) is 4.23. The number of H-pyrrole nitrogens is 1. The summed E-state index contributed by atoms with van der Waals surface area (Å²) in [5.41, 5.74) is -1.97. The molecule has 4 atom stereocenters. The Kier molecular flexibility index (Phi) is 6.18. The number of halogens is 1. The Morgan fingerprint density at radius 3 is 2.24 bits per heavy atom. The topological polar surface area (TPSA) is 95.1 Å². The number of ether oxygens (including phenoxy) is 4. The van der Waals surface area contributed by atoms with Gasteiger partial charge >= 0.3 is 5.69 Å². The number of rotatable bonds is 9. The van der Waals surface area contributed by atoms with Gasteiger partial charge < -0.3 is 18.9 Å². The van der Waals surface area contributed by atoms with Crippen LogP contribution in [-0.4, -0.2) is 46.7 Å². The summed E-state index contributed by atoms with van der Waals surface area (Å²) in [7, 11) is 0. The molecule has 2 aliphatic rings. The summed E-state index contributed by atoms with van der Waals surface area (Å²) < 4.78 is 40.1. The number of epoxide rings is 1. The van der Waals surface area contributed by atoms with E-state index in [1.165, 1.54) is 16.8 Å². The minimum Gasteiger partial charge on any atom is -0.374 e. The van der Waals surface area contributed by atoms with Crippen molar-refractivity contribution in [2.24, 2.45) is 0 Å². The highest BCUT2D eigenvalue weighted by atomic mass is 19.1. The van der Waals surface area contributed by atoms with Gasteiger partial charge in [0.25, 0.3) is 5.56 Å². The summed E-state index contributed by atoms with van der Waals surface area (Å²) >= 11 is 0. The van der Waals surface area contributed by atoms with E-state index < -0.39 is 41.5 Å². The van der Waals surface area contributed by atoms with Crippen molar-refractivity contribution in [1.82, 2.24) is 9.55 Å². The maximum absolute atomic E-state index is 14.8. The molecule has 2 aromatic carbocycles. The Labute approximate surface area is 194 Å². The van der Waals surface area contributed by atoms with Crippen molar-refractivity contribution in [3.63, 3.8) is 0 Å². The number of benzene rings is 2. The van der Waals surface area contributed by atoms with Gasteiger partial charge in [-0.2, -0.15) is 0 Å². The summed E-state index contributed by atoms with van der Waals surface area (Å²) in [4.78, 5) is 26.3. The van der Waals surface area contributed by atoms with Crippen LogP contribution in [0.1, 0.15) is 17.4 Å². The fourth-order valence-electron chi connectivity index (χ4n) is 4.45. The van der Waals surface area contributed by atoms with Crippen LogP contribution in [0.2, 0.25) is 0 Å². The number of alkyl halides is 1. The first kappa shape index (κ1) is 22.7. The zero-order valence-electron chi connectivity index (χ0n) is 18.4. The van der Waals surface area contributed by atoms with Gasteiger partial charge in [-0.25, -0.2) is 9.18 Å². The van der Waals surface area contributed by atoms with Crippen molar-refractivity contribution < 1.29 is 23.3 Å². The average molecular weight is 468 g/mol. The van der Waals surface area contributed by atoms with Crippen LogP contribution < -0.4 is 11.2 Å². The molecule has 2 aliphatic heterocycles. The van der Waals surface area contributed by atoms with Crippen LogP contribution in [0.25, 0.3) is 0 Å². The van der Waals surface area contributed by atoms with Crippen molar-refractivity contribution in [3.8, 4) is 0 Å². The molecule has 2 fully saturated rings. The maximum atomic E-state index is 14.8. The molecule has 1 spiro atoms. The highest BCUT2D eigenvalue weighted by Crippen LogP contribution is 2.55. The van der Waals surface area contributed by atoms with Crippen molar-refractivity contribution in [2.45, 2.75) is 36.7 Å². The van der Waals surface area contributed by atoms with Crippen LogP contribution in [0, 0.1) is 0 Å². The molecule has 0 unspecified atom stereocenters. The highest BCUT2D eigenvalue weighted by molar-refractivity contribution is 5.20. The van der Waals surface area contributed by atoms with E-state index in [4.69, 9.17) is 18.9 Å². The van der Waals surface area contributed by atoms with E-state index in [0.717, 1.165) is 11.1 Å². The van der Waals surface area contributed by atoms with Gasteiger partial charge in [-0.05, 0) is 11.1 Å². The number of hydrogen-bond donors (Lipinski definition) is 1. The summed E-state index contributed by atoms with van der Waals surface area (Å²) in [6.45, 7) is -0.357. The van der Waals surface area contributed by atoms with Crippen LogP contribution in [0.15, 0.2) is 82.5 Å². The van der Waals surface area contributed by atoms with Crippen molar-refractivity contribution in [3.05, 3.63) is 105 Å². The zero-order valence-corrected chi connectivity index (χ0v) is 18.4. The van der Waals surface area contributed by atoms with Gasteiger partial charge in [-0.15, -0.1) is 0 Å². The molecule has 9 heteroatoms. The van der Waals surface area contributed by atoms with Gasteiger partial charge in [-0.1, -0.05) is 60.7 Å². The molecule has 5 rings (SSSR count). The molecule has 178 valence electrons. The minimum atomic E-state index is -1.51. The summed E-state index contributed by atoms with van der Waals surface area (Å²) in [6, 6.07) is 20.2. The fraction of sp³-hybridized carbons (Fsp3) is 0.360. The monoisotopic (exact) mass is 468 g/mol. The lowest BCUT2D eigenvalue weighted by Crippen LogP contribution is -2.51. The van der Waals surface area contributed by atoms with Gasteiger partial charge in [0.2, 0.25) is 0 Å². The fourth-order valence-corrected chi connectivity index (χ4v) is 4.45. The van der Waals surface area contributed by atoms with Crippen LogP contribution in [-0.2, 0) is 32.2 Å². The Hall–Kier alpha value is -3.11. The van der Waals surface area contributed by atoms with E-state index in [1.807, 2.05) is 60.7 Å². The quantitative estimate of drug-likeness (QED) is 0.485. The molecule has 0 amide bonds. The van der Waals surface area contributed by atoms with Crippen LogP contribution in [0.4, 0.5) is 4.39 Å². The first-order valence-corrected chi connectivity index (χ1v) is 11.0. The molecule has 8 nitrogen and oxygen atoms in total. The van der Waals surface area contributed by atoms with Crippen LogP contribution in [0.5, 0.6) is 0 Å². The molecular formula is C25H25FN2O6. The predicted molar refractivity (Wildman–Crippen MR) is 120 cm³/mol. The lowest BCUT2D eigenvalue weighted by atomic mass is 9.90. The molecule has 34 heavy (non-hydrogen) atoms. The van der Waals surface area contributed by atoms with Crippen molar-refractivity contribution in [1.29, 1.82) is 0 Å². The van der Waals surface area contributed by atoms with E-state index >= 15 is 0 Å². The molecule has 1 aromatic heterocycles. The standard InChI is InChI=1S/C25H25FN2O6/c26-15-24(16-31-13-18-7-3-1-4-8-18)21(32-14-19-9-5-2-6-10-19)25(17-33-25)22(34-24)28-12-11-20(29)27-23(28)30/h1-12,21-22H,13-17H2,(H,27,29,30)/t21-,22-,24-,25+/m1/s1. The normalized spacial score (nSPS) is 27.8. The zero-order chi connectivity index (χ0) is 23.6. The molecule has 3 aromatic rings. The summed E-state index contributed by atoms with van der Waals surface area (Å²) in [5.74, 6) is 0. The molecule has 0 saturated carbocycles. The number of nitrogens with one attached hydrogen (secondary N) is 1. The number of aromatic amines is 1. The van der Waals surface area contributed by atoms with Gasteiger partial charge in [0, 0.05) is 12.3 Å². The molecule has 3 heterocycles. The summed E-state index contributed by atoms with van der Waals surface area (Å²) in [5, 5.41) is 0. The molecule has 1 N–H and O–H groups in total. The van der Waals surface area contributed by atoms with E-state index in [-0.39, 0.29) is 26.4 Å². The molecular weight excluding hydrogens is 443 g/mol. The predicted octanol–water partition coefficient (Wildman–Crippen LogP) is 2.34. The first-order chi connectivity index (χ1) is 16.6. The Morgan fingerprint density at radius 1 is 1.00 bits per heavy atom. The molecule has 0 aliphatic carbocycles. The van der Waals surface area contributed by atoms with E-state index in [2.05, 4.69) is 4.98 Å². The Balaban J connectivity index is 1.44. The second-order valence-corrected chi connectivity index (χ2v) is 8.58. The summed E-state index contributed by atoms with van der Waals surface area (Å²) in [6.07, 6.45) is -0.527. The van der Waals surface area contributed by atoms with Crippen LogP contribution >= 0.6 is 0 Å². The van der Waals surface area contributed by atoms with Crippen molar-refractivity contribution in [2.75, 3.05) is 19.9 Å². The maximum Gasteiger partial charge on any atom is 0.330 e. The van der Waals surface area contributed by atoms with Gasteiger partial charge in [0.1, 0.15) is 12.8 Å². The lowest BCUT2D eigenvalue weighted by Gasteiger charge is -2.32. The lowest BCUT2D eigenvalue weighted by molar-refractivity contribution is -0.165. The third-order valence-corrected chi connectivity index (χ3v) is 6.21. The number of nitrogens with zero attached hydrogens (tertiary/aromatic N) is 1. The average Bonchev–Trinajstić information content (AvgIpc) is 3.60. The third-order valence-electron chi connectivity index (χ3n) is 6.21. The second-order valence-electron chi connectivity index (χ2n) is 8.58. The van der Waals surface area contributed by atoms with Crippen LogP contribution in [0.3, 0.4) is 0 Å². The Morgan fingerprint density at radius 2 is 1.65 bits per heavy atom. The van der Waals surface area contributed by atoms with Gasteiger partial charge in [0.15, 0.2) is 17.4 Å². The van der Waals surface area contributed by atoms with Gasteiger partial charge in [-0.3, -0.25) is 14.3 Å². The van der Waals surface area contributed by atoms with Gasteiger partial charge in [0.05, 0.1) is 26.4 Å². The SMILES string of the molecule is O=c1ccn([C@@H]2O[C@](CF)(COCc3ccccc3)[C@@H](OCc3ccccc3)[C@@]23CO3)c(=O)[nH]1. The molecule has 0 bridgehead atoms. The van der Waals surface area contributed by atoms with Crippen molar-refractivity contribution >= 4 is 0 Å². The number of hydrogen-bond acceptors (Lipinski definition) is 6. The largest absolute Gasteiger partial charge is 0.374 e. The minimum absolute atomic E-state index is 0.114. The van der Waals surface area contributed by atoms with E-state index in [0.29, 0.717) is 0 Å². The van der Waals surface area contributed by atoms with E-state index in [1.54, 1.807) is 0 Å². The highest BCUT2D eigenvalue weighted by Gasteiger charge is 2.73. The smallest absolute Gasteiger partial charge is 0.330 e. The molecule has 0 radical (unpaired) electrons. The second kappa shape index (κ2) is 9.27. The number of aromatic nitrogens is 2. The first-order valence-electron chi connectivity index (χ1n) is 11.0. The Bertz CT molecular complexity index is 1230. The van der Waals surface area contributed by atoms with E-state index in [9.17, 15) is 14.0 Å². The molecule has 2 saturated heterocycles.